The standard InChI is InChI=1S/C24H27N3O4S2/c1-16-15-22(26-23-20(16)7-6-8-21(23)31-3)32-17(2)24(28)25-18-9-11-19(12-10-18)33(29,30)27-13-4-5-14-27/h6-12,15,17H,4-5,13-14H2,1-3H3,(H,25,28). The summed E-state index contributed by atoms with van der Waals surface area (Å²) in [5.74, 6) is 0.508. The Bertz CT molecular complexity index is 1270. The third kappa shape index (κ3) is 5.00. The van der Waals surface area contributed by atoms with E-state index in [-0.39, 0.29) is 10.8 Å². The molecule has 33 heavy (non-hydrogen) atoms. The lowest BCUT2D eigenvalue weighted by Gasteiger charge is -2.16. The third-order valence-corrected chi connectivity index (χ3v) is 8.63. The number of aryl methyl sites for hydroxylation is 1. The summed E-state index contributed by atoms with van der Waals surface area (Å²) in [4.78, 5) is 17.7. The SMILES string of the molecule is COc1cccc2c(C)cc(SC(C)C(=O)Nc3ccc(S(=O)(=O)N4CCCC4)cc3)nc12. The van der Waals surface area contributed by atoms with E-state index in [9.17, 15) is 13.2 Å². The van der Waals surface area contributed by atoms with Crippen LogP contribution in [0.15, 0.2) is 58.5 Å². The monoisotopic (exact) mass is 485 g/mol. The van der Waals surface area contributed by atoms with Crippen LogP contribution in [0, 0.1) is 6.92 Å². The molecule has 2 heterocycles. The zero-order valence-electron chi connectivity index (χ0n) is 18.9. The van der Waals surface area contributed by atoms with Gasteiger partial charge in [0.1, 0.15) is 11.3 Å². The van der Waals surface area contributed by atoms with Crippen molar-refractivity contribution in [2.24, 2.45) is 0 Å². The topological polar surface area (TPSA) is 88.6 Å². The van der Waals surface area contributed by atoms with Crippen molar-refractivity contribution in [1.82, 2.24) is 9.29 Å². The van der Waals surface area contributed by atoms with Gasteiger partial charge in [0.05, 0.1) is 22.3 Å². The molecular formula is C24H27N3O4S2. The Hall–Kier alpha value is -2.62. The minimum absolute atomic E-state index is 0.185. The summed E-state index contributed by atoms with van der Waals surface area (Å²) < 4.78 is 32.3. The lowest BCUT2D eigenvalue weighted by atomic mass is 10.1. The first kappa shape index (κ1) is 23.5. The minimum atomic E-state index is -3.47. The van der Waals surface area contributed by atoms with Crippen molar-refractivity contribution in [3.63, 3.8) is 0 Å². The van der Waals surface area contributed by atoms with E-state index in [2.05, 4.69) is 5.32 Å². The molecule has 2 aromatic carbocycles. The molecule has 1 fully saturated rings. The van der Waals surface area contributed by atoms with Crippen LogP contribution in [0.3, 0.4) is 0 Å². The van der Waals surface area contributed by atoms with Gasteiger partial charge in [-0.2, -0.15) is 4.31 Å². The van der Waals surface area contributed by atoms with E-state index in [1.165, 1.54) is 16.1 Å². The molecule has 1 aliphatic heterocycles. The molecule has 4 rings (SSSR count). The molecule has 1 unspecified atom stereocenters. The minimum Gasteiger partial charge on any atom is -0.494 e. The summed E-state index contributed by atoms with van der Waals surface area (Å²) in [6.45, 7) is 4.94. The van der Waals surface area contributed by atoms with Crippen molar-refractivity contribution in [3.05, 3.63) is 54.1 Å². The van der Waals surface area contributed by atoms with Gasteiger partial charge >= 0.3 is 0 Å². The number of sulfonamides is 1. The number of aromatic nitrogens is 1. The number of hydrogen-bond donors (Lipinski definition) is 1. The number of para-hydroxylation sites is 1. The highest BCUT2D eigenvalue weighted by atomic mass is 32.2. The maximum absolute atomic E-state index is 12.8. The molecule has 0 aliphatic carbocycles. The average Bonchev–Trinajstić information content (AvgIpc) is 3.35. The van der Waals surface area contributed by atoms with E-state index in [1.807, 2.05) is 38.1 Å². The highest BCUT2D eigenvalue weighted by molar-refractivity contribution is 8.00. The van der Waals surface area contributed by atoms with Gasteiger partial charge in [0, 0.05) is 24.2 Å². The van der Waals surface area contributed by atoms with Crippen LogP contribution in [0.25, 0.3) is 10.9 Å². The molecule has 9 heteroatoms. The molecule has 0 spiro atoms. The molecule has 1 amide bonds. The van der Waals surface area contributed by atoms with Crippen molar-refractivity contribution >= 4 is 44.3 Å². The van der Waals surface area contributed by atoms with Crippen LogP contribution in [0.2, 0.25) is 0 Å². The molecule has 1 atom stereocenters. The Morgan fingerprint density at radius 1 is 1.15 bits per heavy atom. The Morgan fingerprint density at radius 3 is 2.52 bits per heavy atom. The zero-order valence-corrected chi connectivity index (χ0v) is 20.5. The largest absolute Gasteiger partial charge is 0.494 e. The number of carbonyl (C=O) groups is 1. The number of fused-ring (bicyclic) bond motifs is 1. The van der Waals surface area contributed by atoms with Gasteiger partial charge in [-0.1, -0.05) is 23.9 Å². The molecule has 1 aromatic heterocycles. The number of carbonyl (C=O) groups excluding carboxylic acids is 1. The number of ether oxygens (including phenoxy) is 1. The number of pyridine rings is 1. The summed E-state index contributed by atoms with van der Waals surface area (Å²) in [6.07, 6.45) is 1.78. The second-order valence-electron chi connectivity index (χ2n) is 8.02. The fourth-order valence-electron chi connectivity index (χ4n) is 3.85. The molecule has 1 aliphatic rings. The van der Waals surface area contributed by atoms with Gasteiger partial charge in [-0.05, 0) is 68.7 Å². The first-order valence-electron chi connectivity index (χ1n) is 10.8. The lowest BCUT2D eigenvalue weighted by molar-refractivity contribution is -0.115. The van der Waals surface area contributed by atoms with Crippen molar-refractivity contribution in [2.45, 2.75) is 41.9 Å². The van der Waals surface area contributed by atoms with E-state index in [0.29, 0.717) is 24.5 Å². The number of amides is 1. The number of anilines is 1. The van der Waals surface area contributed by atoms with E-state index in [0.717, 1.165) is 34.3 Å². The normalized spacial score (nSPS) is 15.5. The van der Waals surface area contributed by atoms with Crippen LogP contribution >= 0.6 is 11.8 Å². The predicted octanol–water partition coefficient (Wildman–Crippen LogP) is 4.46. The number of benzene rings is 2. The van der Waals surface area contributed by atoms with Crippen molar-refractivity contribution in [2.75, 3.05) is 25.5 Å². The van der Waals surface area contributed by atoms with Gasteiger partial charge in [-0.25, -0.2) is 13.4 Å². The molecular weight excluding hydrogens is 458 g/mol. The van der Waals surface area contributed by atoms with Crippen LogP contribution in [-0.4, -0.2) is 49.1 Å². The summed E-state index contributed by atoms with van der Waals surface area (Å²) in [6, 6.07) is 14.1. The Morgan fingerprint density at radius 2 is 1.85 bits per heavy atom. The molecule has 0 saturated carbocycles. The summed E-state index contributed by atoms with van der Waals surface area (Å²) in [7, 11) is -1.86. The van der Waals surface area contributed by atoms with Crippen molar-refractivity contribution in [3.8, 4) is 5.75 Å². The van der Waals surface area contributed by atoms with Crippen LogP contribution in [0.5, 0.6) is 5.75 Å². The lowest BCUT2D eigenvalue weighted by Crippen LogP contribution is -2.27. The Kier molecular flexibility index (Phi) is 6.92. The van der Waals surface area contributed by atoms with Crippen molar-refractivity contribution < 1.29 is 17.9 Å². The maximum Gasteiger partial charge on any atom is 0.243 e. The fourth-order valence-corrected chi connectivity index (χ4v) is 6.29. The first-order valence-corrected chi connectivity index (χ1v) is 13.1. The predicted molar refractivity (Wildman–Crippen MR) is 131 cm³/mol. The van der Waals surface area contributed by atoms with Gasteiger partial charge in [-0.3, -0.25) is 4.79 Å². The number of rotatable bonds is 7. The van der Waals surface area contributed by atoms with E-state index in [1.54, 1.807) is 31.4 Å². The summed E-state index contributed by atoms with van der Waals surface area (Å²) in [5, 5.41) is 4.21. The maximum atomic E-state index is 12.8. The number of thioether (sulfide) groups is 1. The van der Waals surface area contributed by atoms with Gasteiger partial charge < -0.3 is 10.1 Å². The third-order valence-electron chi connectivity index (χ3n) is 5.70. The van der Waals surface area contributed by atoms with E-state index >= 15 is 0 Å². The van der Waals surface area contributed by atoms with Crippen LogP contribution < -0.4 is 10.1 Å². The Balaban J connectivity index is 1.45. The highest BCUT2D eigenvalue weighted by Crippen LogP contribution is 2.31. The number of nitrogens with one attached hydrogen (secondary N) is 1. The van der Waals surface area contributed by atoms with E-state index < -0.39 is 15.3 Å². The van der Waals surface area contributed by atoms with Crippen LogP contribution in [0.1, 0.15) is 25.3 Å². The van der Waals surface area contributed by atoms with Crippen molar-refractivity contribution in [1.29, 1.82) is 0 Å². The zero-order chi connectivity index (χ0) is 23.6. The smallest absolute Gasteiger partial charge is 0.243 e. The van der Waals surface area contributed by atoms with Gasteiger partial charge in [0.25, 0.3) is 0 Å². The van der Waals surface area contributed by atoms with Gasteiger partial charge in [0.2, 0.25) is 15.9 Å². The van der Waals surface area contributed by atoms with Crippen LogP contribution in [-0.2, 0) is 14.8 Å². The van der Waals surface area contributed by atoms with Gasteiger partial charge in [-0.15, -0.1) is 0 Å². The quantitative estimate of drug-likeness (QED) is 0.497. The number of nitrogens with zero attached hydrogens (tertiary/aromatic N) is 2. The van der Waals surface area contributed by atoms with Gasteiger partial charge in [0.15, 0.2) is 0 Å². The number of hydrogen-bond acceptors (Lipinski definition) is 6. The highest BCUT2D eigenvalue weighted by Gasteiger charge is 2.27. The first-order chi connectivity index (χ1) is 15.8. The van der Waals surface area contributed by atoms with Crippen LogP contribution in [0.4, 0.5) is 5.69 Å². The Labute approximate surface area is 198 Å². The second kappa shape index (κ2) is 9.70. The molecule has 1 saturated heterocycles. The number of methoxy groups -OCH3 is 1. The van der Waals surface area contributed by atoms with E-state index in [4.69, 9.17) is 9.72 Å². The molecule has 1 N–H and O–H groups in total. The molecule has 3 aromatic rings. The fraction of sp³-hybridized carbons (Fsp3) is 0.333. The molecule has 0 radical (unpaired) electrons. The summed E-state index contributed by atoms with van der Waals surface area (Å²) >= 11 is 1.36. The molecule has 7 nitrogen and oxygen atoms in total. The average molecular weight is 486 g/mol. The summed E-state index contributed by atoms with van der Waals surface area (Å²) in [5.41, 5.74) is 2.38. The molecule has 0 bridgehead atoms. The molecule has 174 valence electrons. The second-order valence-corrected chi connectivity index (χ2v) is 11.3.